The summed E-state index contributed by atoms with van der Waals surface area (Å²) in [7, 11) is 0. The van der Waals surface area contributed by atoms with Gasteiger partial charge in [-0.2, -0.15) is 0 Å². The van der Waals surface area contributed by atoms with Crippen LogP contribution < -0.4 is 5.48 Å². The van der Waals surface area contributed by atoms with Crippen molar-refractivity contribution in [2.24, 2.45) is 5.92 Å². The Labute approximate surface area is 147 Å². The van der Waals surface area contributed by atoms with Crippen LogP contribution in [0.25, 0.3) is 0 Å². The van der Waals surface area contributed by atoms with E-state index >= 15 is 0 Å². The number of hydrogen-bond donors (Lipinski definition) is 1. The summed E-state index contributed by atoms with van der Waals surface area (Å²) in [6, 6.07) is 14.2. The molecule has 6 nitrogen and oxygen atoms in total. The fraction of sp³-hybridized carbons (Fsp3) is 0.316. The van der Waals surface area contributed by atoms with Gasteiger partial charge in [-0.1, -0.05) is 24.3 Å². The van der Waals surface area contributed by atoms with E-state index in [-0.39, 0.29) is 6.42 Å². The molecule has 132 valence electrons. The van der Waals surface area contributed by atoms with Gasteiger partial charge in [0.1, 0.15) is 5.60 Å². The molecule has 1 N–H and O–H groups in total. The monoisotopic (exact) mass is 342 g/mol. The number of carbonyl (C=O) groups excluding carboxylic acids is 2. The molecule has 0 fully saturated rings. The molecule has 0 aliphatic heterocycles. The second kappa shape index (κ2) is 8.28. The summed E-state index contributed by atoms with van der Waals surface area (Å²) in [6.07, 6.45) is 1.71. The first-order valence-corrected chi connectivity index (χ1v) is 8.00. The second-order valence-corrected chi connectivity index (χ2v) is 6.50. The van der Waals surface area contributed by atoms with Crippen molar-refractivity contribution in [2.75, 3.05) is 5.48 Å². The van der Waals surface area contributed by atoms with Gasteiger partial charge in [0.15, 0.2) is 5.92 Å². The fourth-order valence-corrected chi connectivity index (χ4v) is 2.05. The maximum Gasteiger partial charge on any atom is 0.346 e. The van der Waals surface area contributed by atoms with Crippen LogP contribution in [0.3, 0.4) is 0 Å². The van der Waals surface area contributed by atoms with Gasteiger partial charge >= 0.3 is 11.9 Å². The van der Waals surface area contributed by atoms with Crippen LogP contribution in [-0.2, 0) is 25.6 Å². The third-order valence-electron chi connectivity index (χ3n) is 3.16. The number of nitrogens with zero attached hydrogens (tertiary/aromatic N) is 1. The molecule has 0 aliphatic rings. The maximum atomic E-state index is 12.4. The zero-order valence-corrected chi connectivity index (χ0v) is 14.6. The van der Waals surface area contributed by atoms with Crippen LogP contribution in [0, 0.1) is 5.92 Å². The molecule has 0 amide bonds. The zero-order chi connectivity index (χ0) is 18.3. The standard InChI is InChI=1S/C19H22N2O4/c1-19(2,3)24-17(22)16(13-15-11-7-8-12-20-15)18(23)25-21-14-9-5-4-6-10-14/h4-12,16,21H,13H2,1-3H3. The van der Waals surface area contributed by atoms with Gasteiger partial charge in [0, 0.05) is 18.3 Å². The van der Waals surface area contributed by atoms with Crippen LogP contribution in [-0.4, -0.2) is 22.5 Å². The molecule has 0 radical (unpaired) electrons. The SMILES string of the molecule is CC(C)(C)OC(=O)C(Cc1ccccn1)C(=O)ONc1ccccc1. The van der Waals surface area contributed by atoms with Crippen molar-refractivity contribution in [1.82, 2.24) is 4.98 Å². The number of pyridine rings is 1. The predicted octanol–water partition coefficient (Wildman–Crippen LogP) is 3.15. The van der Waals surface area contributed by atoms with Gasteiger partial charge in [0.25, 0.3) is 0 Å². The molecule has 1 aromatic heterocycles. The Morgan fingerprint density at radius 2 is 1.72 bits per heavy atom. The molecule has 1 unspecified atom stereocenters. The first-order chi connectivity index (χ1) is 11.8. The lowest BCUT2D eigenvalue weighted by atomic mass is 10.0. The highest BCUT2D eigenvalue weighted by Crippen LogP contribution is 2.17. The number of esters is 1. The van der Waals surface area contributed by atoms with Gasteiger partial charge in [-0.3, -0.25) is 9.78 Å². The van der Waals surface area contributed by atoms with Gasteiger partial charge in [-0.15, -0.1) is 0 Å². The number of carbonyl (C=O) groups is 2. The first-order valence-electron chi connectivity index (χ1n) is 8.00. The smallest absolute Gasteiger partial charge is 0.346 e. The summed E-state index contributed by atoms with van der Waals surface area (Å²) in [5, 5.41) is 0. The Morgan fingerprint density at radius 1 is 1.04 bits per heavy atom. The van der Waals surface area contributed by atoms with E-state index in [1.165, 1.54) is 0 Å². The van der Waals surface area contributed by atoms with Crippen molar-refractivity contribution < 1.29 is 19.2 Å². The van der Waals surface area contributed by atoms with E-state index in [4.69, 9.17) is 9.57 Å². The number of anilines is 1. The van der Waals surface area contributed by atoms with Crippen molar-refractivity contribution in [3.63, 3.8) is 0 Å². The van der Waals surface area contributed by atoms with Gasteiger partial charge < -0.3 is 9.57 Å². The molecule has 0 bridgehead atoms. The summed E-state index contributed by atoms with van der Waals surface area (Å²) < 4.78 is 5.35. The quantitative estimate of drug-likeness (QED) is 0.494. The largest absolute Gasteiger partial charge is 0.459 e. The zero-order valence-electron chi connectivity index (χ0n) is 14.6. The van der Waals surface area contributed by atoms with Crippen LogP contribution >= 0.6 is 0 Å². The summed E-state index contributed by atoms with van der Waals surface area (Å²) in [5.41, 5.74) is 3.06. The van der Waals surface area contributed by atoms with Gasteiger partial charge in [-0.05, 0) is 45.0 Å². The van der Waals surface area contributed by atoms with Crippen LogP contribution in [0.4, 0.5) is 5.69 Å². The molecule has 2 aromatic rings. The van der Waals surface area contributed by atoms with Gasteiger partial charge in [0.05, 0.1) is 5.69 Å². The molecular weight excluding hydrogens is 320 g/mol. The highest BCUT2D eigenvalue weighted by atomic mass is 16.7. The Kier molecular flexibility index (Phi) is 6.11. The van der Waals surface area contributed by atoms with Gasteiger partial charge in [-0.25, -0.2) is 10.3 Å². The lowest BCUT2D eigenvalue weighted by molar-refractivity contribution is -0.168. The normalized spacial score (nSPS) is 12.1. The Balaban J connectivity index is 2.09. The number of aromatic nitrogens is 1. The van der Waals surface area contributed by atoms with E-state index in [0.29, 0.717) is 11.4 Å². The first kappa shape index (κ1) is 18.4. The molecule has 25 heavy (non-hydrogen) atoms. The Hall–Kier alpha value is -2.89. The van der Waals surface area contributed by atoms with E-state index in [1.54, 1.807) is 69.4 Å². The van der Waals surface area contributed by atoms with Crippen molar-refractivity contribution in [3.05, 3.63) is 60.4 Å². The van der Waals surface area contributed by atoms with Crippen LogP contribution in [0.15, 0.2) is 54.7 Å². The molecule has 0 aliphatic carbocycles. The summed E-state index contributed by atoms with van der Waals surface area (Å²) >= 11 is 0. The minimum atomic E-state index is -1.11. The van der Waals surface area contributed by atoms with E-state index < -0.39 is 23.5 Å². The van der Waals surface area contributed by atoms with E-state index in [1.807, 2.05) is 6.07 Å². The summed E-state index contributed by atoms with van der Waals surface area (Å²) in [5.74, 6) is -2.47. The highest BCUT2D eigenvalue weighted by Gasteiger charge is 2.33. The topological polar surface area (TPSA) is 77.5 Å². The molecule has 1 heterocycles. The van der Waals surface area contributed by atoms with E-state index in [9.17, 15) is 9.59 Å². The second-order valence-electron chi connectivity index (χ2n) is 6.50. The lowest BCUT2D eigenvalue weighted by Gasteiger charge is -2.23. The van der Waals surface area contributed by atoms with Gasteiger partial charge in [0.2, 0.25) is 0 Å². The molecule has 1 atom stereocenters. The van der Waals surface area contributed by atoms with Crippen molar-refractivity contribution in [3.8, 4) is 0 Å². The number of ether oxygens (including phenoxy) is 1. The average Bonchev–Trinajstić information content (AvgIpc) is 2.58. The number of benzene rings is 1. The van der Waals surface area contributed by atoms with Crippen molar-refractivity contribution >= 4 is 17.6 Å². The molecule has 6 heteroatoms. The van der Waals surface area contributed by atoms with Crippen molar-refractivity contribution in [2.45, 2.75) is 32.8 Å². The number of nitrogens with one attached hydrogen (secondary N) is 1. The summed E-state index contributed by atoms with van der Waals surface area (Å²) in [4.78, 5) is 34.1. The molecule has 0 saturated heterocycles. The molecule has 0 saturated carbocycles. The third kappa shape index (κ3) is 6.25. The molecule has 0 spiro atoms. The van der Waals surface area contributed by atoms with Crippen LogP contribution in [0.2, 0.25) is 0 Å². The molecule has 2 rings (SSSR count). The maximum absolute atomic E-state index is 12.4. The Bertz CT molecular complexity index is 696. The fourth-order valence-electron chi connectivity index (χ4n) is 2.05. The minimum Gasteiger partial charge on any atom is -0.459 e. The molecule has 1 aromatic carbocycles. The summed E-state index contributed by atoms with van der Waals surface area (Å²) in [6.45, 7) is 5.24. The van der Waals surface area contributed by atoms with Crippen LogP contribution in [0.5, 0.6) is 0 Å². The minimum absolute atomic E-state index is 0.102. The van der Waals surface area contributed by atoms with E-state index in [2.05, 4.69) is 10.5 Å². The predicted molar refractivity (Wildman–Crippen MR) is 93.4 cm³/mol. The highest BCUT2D eigenvalue weighted by molar-refractivity contribution is 5.95. The molecular formula is C19H22N2O4. The van der Waals surface area contributed by atoms with Crippen molar-refractivity contribution in [1.29, 1.82) is 0 Å². The number of hydrogen-bond acceptors (Lipinski definition) is 6. The van der Waals surface area contributed by atoms with E-state index in [0.717, 1.165) is 0 Å². The van der Waals surface area contributed by atoms with Crippen LogP contribution in [0.1, 0.15) is 26.5 Å². The lowest BCUT2D eigenvalue weighted by Crippen LogP contribution is -2.35. The Morgan fingerprint density at radius 3 is 2.32 bits per heavy atom. The number of para-hydroxylation sites is 1. The number of rotatable bonds is 6. The average molecular weight is 342 g/mol. The third-order valence-corrected chi connectivity index (χ3v) is 3.16.